The monoisotopic (exact) mass is 304 g/mol. The lowest BCUT2D eigenvalue weighted by molar-refractivity contribution is -0.120. The van der Waals surface area contributed by atoms with Gasteiger partial charge >= 0.3 is 0 Å². The van der Waals surface area contributed by atoms with E-state index < -0.39 is 0 Å². The highest BCUT2D eigenvalue weighted by Crippen LogP contribution is 2.17. The Hall–Kier alpha value is -2.15. The summed E-state index contributed by atoms with van der Waals surface area (Å²) in [7, 11) is 0. The van der Waals surface area contributed by atoms with Gasteiger partial charge in [0, 0.05) is 6.54 Å². The van der Waals surface area contributed by atoms with Gasteiger partial charge < -0.3 is 5.32 Å². The van der Waals surface area contributed by atoms with E-state index in [0.29, 0.717) is 17.4 Å². The SMILES string of the molecule is Cc1nnc(SC(C)C(=O)NCc2ccccc2)[nH]c1=O. The number of aromatic amines is 1. The van der Waals surface area contributed by atoms with Crippen LogP contribution in [0.4, 0.5) is 0 Å². The van der Waals surface area contributed by atoms with Gasteiger partial charge in [-0.25, -0.2) is 0 Å². The Morgan fingerprint density at radius 1 is 1.33 bits per heavy atom. The van der Waals surface area contributed by atoms with Crippen LogP contribution in [0.3, 0.4) is 0 Å². The van der Waals surface area contributed by atoms with Crippen molar-refractivity contribution < 1.29 is 4.79 Å². The van der Waals surface area contributed by atoms with Crippen molar-refractivity contribution in [3.8, 4) is 0 Å². The van der Waals surface area contributed by atoms with Crippen molar-refractivity contribution in [1.29, 1.82) is 0 Å². The molecule has 0 saturated carbocycles. The molecule has 2 N–H and O–H groups in total. The molecular weight excluding hydrogens is 288 g/mol. The van der Waals surface area contributed by atoms with E-state index in [2.05, 4.69) is 20.5 Å². The van der Waals surface area contributed by atoms with Crippen LogP contribution >= 0.6 is 11.8 Å². The number of rotatable bonds is 5. The molecule has 6 nitrogen and oxygen atoms in total. The van der Waals surface area contributed by atoms with E-state index in [1.807, 2.05) is 30.3 Å². The molecule has 0 fully saturated rings. The number of nitrogens with one attached hydrogen (secondary N) is 2. The van der Waals surface area contributed by atoms with Crippen LogP contribution in [-0.2, 0) is 11.3 Å². The summed E-state index contributed by atoms with van der Waals surface area (Å²) in [6, 6.07) is 9.66. The molecule has 0 aliphatic carbocycles. The Morgan fingerprint density at radius 2 is 2.05 bits per heavy atom. The first-order valence-corrected chi connectivity index (χ1v) is 7.36. The normalized spacial score (nSPS) is 11.9. The molecule has 0 radical (unpaired) electrons. The highest BCUT2D eigenvalue weighted by molar-refractivity contribution is 8.00. The van der Waals surface area contributed by atoms with E-state index in [0.717, 1.165) is 5.56 Å². The summed E-state index contributed by atoms with van der Waals surface area (Å²) >= 11 is 1.17. The lowest BCUT2D eigenvalue weighted by atomic mass is 10.2. The standard InChI is InChI=1S/C14H16N4O2S/c1-9-12(19)16-14(18-17-9)21-10(2)13(20)15-8-11-6-4-3-5-7-11/h3-7,10H,8H2,1-2H3,(H,15,20)(H,16,18,19). The summed E-state index contributed by atoms with van der Waals surface area (Å²) in [4.78, 5) is 26.0. The van der Waals surface area contributed by atoms with Crippen molar-refractivity contribution in [2.75, 3.05) is 0 Å². The average Bonchev–Trinajstić information content (AvgIpc) is 2.49. The third-order valence-corrected chi connectivity index (χ3v) is 3.78. The largest absolute Gasteiger partial charge is 0.351 e. The van der Waals surface area contributed by atoms with Crippen LogP contribution in [0, 0.1) is 6.92 Å². The molecule has 0 bridgehead atoms. The Bertz CT molecular complexity index is 672. The van der Waals surface area contributed by atoms with Crippen molar-refractivity contribution in [2.45, 2.75) is 30.8 Å². The van der Waals surface area contributed by atoms with Gasteiger partial charge in [0.25, 0.3) is 5.56 Å². The summed E-state index contributed by atoms with van der Waals surface area (Å²) in [5.74, 6) is -0.118. The van der Waals surface area contributed by atoms with Gasteiger partial charge in [-0.05, 0) is 19.4 Å². The number of H-pyrrole nitrogens is 1. The van der Waals surface area contributed by atoms with Gasteiger partial charge in [0.2, 0.25) is 5.91 Å². The second kappa shape index (κ2) is 7.03. The molecule has 2 rings (SSSR count). The smallest absolute Gasteiger partial charge is 0.273 e. The minimum absolute atomic E-state index is 0.118. The number of aromatic nitrogens is 3. The zero-order valence-corrected chi connectivity index (χ0v) is 12.6. The minimum atomic E-state index is -0.374. The van der Waals surface area contributed by atoms with Crippen LogP contribution in [0.2, 0.25) is 0 Å². The van der Waals surface area contributed by atoms with Crippen molar-refractivity contribution in [3.63, 3.8) is 0 Å². The maximum Gasteiger partial charge on any atom is 0.273 e. The van der Waals surface area contributed by atoms with Crippen molar-refractivity contribution >= 4 is 17.7 Å². The lowest BCUT2D eigenvalue weighted by Gasteiger charge is -2.11. The summed E-state index contributed by atoms with van der Waals surface area (Å²) in [6.07, 6.45) is 0. The molecule has 0 spiro atoms. The number of aryl methyl sites for hydroxylation is 1. The maximum atomic E-state index is 12.0. The van der Waals surface area contributed by atoms with Crippen LogP contribution in [0.5, 0.6) is 0 Å². The average molecular weight is 304 g/mol. The number of carbonyl (C=O) groups excluding carboxylic acids is 1. The van der Waals surface area contributed by atoms with E-state index >= 15 is 0 Å². The van der Waals surface area contributed by atoms with Gasteiger partial charge in [-0.3, -0.25) is 14.6 Å². The fourth-order valence-electron chi connectivity index (χ4n) is 1.58. The van der Waals surface area contributed by atoms with Crippen molar-refractivity contribution in [3.05, 3.63) is 51.9 Å². The second-order valence-electron chi connectivity index (χ2n) is 4.51. The Kier molecular flexibility index (Phi) is 5.10. The zero-order valence-electron chi connectivity index (χ0n) is 11.8. The number of hydrogen-bond acceptors (Lipinski definition) is 5. The molecule has 1 aromatic heterocycles. The van der Waals surface area contributed by atoms with E-state index in [9.17, 15) is 9.59 Å². The number of benzene rings is 1. The molecular formula is C14H16N4O2S. The molecule has 110 valence electrons. The van der Waals surface area contributed by atoms with Gasteiger partial charge in [-0.15, -0.1) is 10.2 Å². The zero-order chi connectivity index (χ0) is 15.2. The third kappa shape index (κ3) is 4.42. The fourth-order valence-corrected chi connectivity index (χ4v) is 2.35. The molecule has 0 aliphatic heterocycles. The first-order chi connectivity index (χ1) is 10.1. The molecule has 21 heavy (non-hydrogen) atoms. The number of nitrogens with zero attached hydrogens (tertiary/aromatic N) is 2. The minimum Gasteiger partial charge on any atom is -0.351 e. The van der Waals surface area contributed by atoms with Crippen LogP contribution in [-0.4, -0.2) is 26.3 Å². The number of thioether (sulfide) groups is 1. The quantitative estimate of drug-likeness (QED) is 0.812. The number of amides is 1. The van der Waals surface area contributed by atoms with Crippen LogP contribution < -0.4 is 10.9 Å². The van der Waals surface area contributed by atoms with Crippen LogP contribution in [0.15, 0.2) is 40.3 Å². The highest BCUT2D eigenvalue weighted by atomic mass is 32.2. The first kappa shape index (κ1) is 15.2. The number of carbonyl (C=O) groups is 1. The molecule has 0 saturated heterocycles. The summed E-state index contributed by atoms with van der Waals surface area (Å²) in [5.41, 5.74) is 1.05. The van der Waals surface area contributed by atoms with Crippen molar-refractivity contribution in [2.24, 2.45) is 0 Å². The predicted octanol–water partition coefficient (Wildman–Crippen LogP) is 1.27. The van der Waals surface area contributed by atoms with E-state index in [-0.39, 0.29) is 16.7 Å². The Morgan fingerprint density at radius 3 is 2.71 bits per heavy atom. The Labute approximate surface area is 126 Å². The maximum absolute atomic E-state index is 12.0. The topological polar surface area (TPSA) is 87.7 Å². The predicted molar refractivity (Wildman–Crippen MR) is 81.0 cm³/mol. The Balaban J connectivity index is 1.90. The van der Waals surface area contributed by atoms with Gasteiger partial charge in [-0.2, -0.15) is 0 Å². The molecule has 2 aromatic rings. The first-order valence-electron chi connectivity index (χ1n) is 6.48. The number of hydrogen-bond donors (Lipinski definition) is 2. The van der Waals surface area contributed by atoms with Gasteiger partial charge in [0.1, 0.15) is 5.69 Å². The van der Waals surface area contributed by atoms with Crippen molar-refractivity contribution in [1.82, 2.24) is 20.5 Å². The summed E-state index contributed by atoms with van der Waals surface area (Å²) in [6.45, 7) is 3.81. The van der Waals surface area contributed by atoms with Gasteiger partial charge in [0.15, 0.2) is 5.16 Å². The molecule has 0 aliphatic rings. The van der Waals surface area contributed by atoms with E-state index in [1.165, 1.54) is 11.8 Å². The molecule has 1 unspecified atom stereocenters. The second-order valence-corrected chi connectivity index (χ2v) is 5.84. The third-order valence-electron chi connectivity index (χ3n) is 2.81. The van der Waals surface area contributed by atoms with E-state index in [1.54, 1.807) is 13.8 Å². The molecule has 7 heteroatoms. The van der Waals surface area contributed by atoms with Crippen LogP contribution in [0.1, 0.15) is 18.2 Å². The van der Waals surface area contributed by atoms with Crippen LogP contribution in [0.25, 0.3) is 0 Å². The molecule has 1 aromatic carbocycles. The summed E-state index contributed by atoms with van der Waals surface area (Å²) in [5, 5.41) is 10.4. The molecule has 1 amide bonds. The van der Waals surface area contributed by atoms with E-state index in [4.69, 9.17) is 0 Å². The molecule has 1 atom stereocenters. The van der Waals surface area contributed by atoms with Gasteiger partial charge in [-0.1, -0.05) is 42.1 Å². The van der Waals surface area contributed by atoms with Gasteiger partial charge in [0.05, 0.1) is 5.25 Å². The lowest BCUT2D eigenvalue weighted by Crippen LogP contribution is -2.30. The summed E-state index contributed by atoms with van der Waals surface area (Å²) < 4.78 is 0. The fraction of sp³-hybridized carbons (Fsp3) is 0.286. The molecule has 1 heterocycles. The highest BCUT2D eigenvalue weighted by Gasteiger charge is 2.15.